The van der Waals surface area contributed by atoms with Gasteiger partial charge in [-0.25, -0.2) is 11.4 Å². The quantitative estimate of drug-likeness (QED) is 0.0441. The molecule has 0 saturated heterocycles. The van der Waals surface area contributed by atoms with Gasteiger partial charge in [-0.05, 0) is 74.9 Å². The number of amides is 5. The molecule has 6 aromatic rings. The zero-order chi connectivity index (χ0) is 50.7. The van der Waals surface area contributed by atoms with Gasteiger partial charge in [0.15, 0.2) is 0 Å². The summed E-state index contributed by atoms with van der Waals surface area (Å²) >= 11 is 0. The van der Waals surface area contributed by atoms with E-state index in [0.29, 0.717) is 0 Å². The van der Waals surface area contributed by atoms with Crippen molar-refractivity contribution in [2.24, 2.45) is 34.6 Å². The lowest BCUT2D eigenvalue weighted by atomic mass is 10.0. The molecule has 0 saturated carbocycles. The lowest BCUT2D eigenvalue weighted by Crippen LogP contribution is -2.24. The van der Waals surface area contributed by atoms with Gasteiger partial charge in [0, 0.05) is 6.04 Å². The molecule has 14 nitrogen and oxygen atoms in total. The number of primary amides is 4. The molecule has 0 aliphatic heterocycles. The van der Waals surface area contributed by atoms with Gasteiger partial charge in [-0.2, -0.15) is 0 Å². The van der Waals surface area contributed by atoms with Crippen molar-refractivity contribution in [1.29, 1.82) is 0 Å². The molecule has 0 fully saturated rings. The summed E-state index contributed by atoms with van der Waals surface area (Å²) < 4.78 is 0. The molecular formula is C56H81N7O7. The SMILES string of the molecule is C.C.C.CC(C(N)=O)c1ccccc1.CC(C(N)=O)c1ccccc1.CC(C(N)=O)c1ccccc1.C[C@H](C(=O)NO)c1ccccc1.C[C@H](C(N)=O)c1ccccc1.C[C@H](N)c1ccccc1.NO. The Hall–Kier alpha value is -7.49. The fourth-order valence-corrected chi connectivity index (χ4v) is 5.37. The van der Waals surface area contributed by atoms with Crippen molar-refractivity contribution in [3.8, 4) is 0 Å². The van der Waals surface area contributed by atoms with Gasteiger partial charge >= 0.3 is 0 Å². The largest absolute Gasteiger partial charge is 0.369 e. The van der Waals surface area contributed by atoms with Crippen LogP contribution < -0.4 is 40.0 Å². The highest BCUT2D eigenvalue weighted by Crippen LogP contribution is 2.16. The molecule has 6 aromatic carbocycles. The lowest BCUT2D eigenvalue weighted by molar-refractivity contribution is -0.130. The fourth-order valence-electron chi connectivity index (χ4n) is 5.37. The Morgan fingerprint density at radius 1 is 0.343 bits per heavy atom. The van der Waals surface area contributed by atoms with Crippen molar-refractivity contribution < 1.29 is 34.4 Å². The summed E-state index contributed by atoms with van der Waals surface area (Å²) in [5.74, 6) is 0.942. The van der Waals surface area contributed by atoms with Crippen LogP contribution in [0, 0.1) is 0 Å². The second-order valence-electron chi connectivity index (χ2n) is 14.9. The predicted molar refractivity (Wildman–Crippen MR) is 286 cm³/mol. The second-order valence-corrected chi connectivity index (χ2v) is 14.9. The van der Waals surface area contributed by atoms with E-state index < -0.39 is 0 Å². The van der Waals surface area contributed by atoms with E-state index in [1.807, 2.05) is 189 Å². The maximum absolute atomic E-state index is 11.0. The Morgan fingerprint density at radius 2 is 0.500 bits per heavy atom. The first-order chi connectivity index (χ1) is 31.9. The van der Waals surface area contributed by atoms with E-state index in [1.54, 1.807) is 40.1 Å². The Kier molecular flexibility index (Phi) is 40.0. The van der Waals surface area contributed by atoms with Crippen molar-refractivity contribution in [2.75, 3.05) is 0 Å². The number of nitrogens with one attached hydrogen (secondary N) is 1. The fraction of sp³-hybridized carbons (Fsp3) is 0.268. The maximum Gasteiger partial charge on any atom is 0.250 e. The number of hydroxylamine groups is 1. The van der Waals surface area contributed by atoms with Crippen LogP contribution in [0.1, 0.15) is 133 Å². The number of hydrogen-bond acceptors (Lipinski definition) is 9. The molecule has 382 valence electrons. The number of carbonyl (C=O) groups excluding carboxylic acids is 5. The number of nitrogens with two attached hydrogens (primary N) is 6. The maximum atomic E-state index is 11.0. The second kappa shape index (κ2) is 40.6. The number of benzene rings is 6. The minimum absolute atomic E-state index is 0. The smallest absolute Gasteiger partial charge is 0.250 e. The summed E-state index contributed by atoms with van der Waals surface area (Å²) in [6, 6.07) is 57.5. The third kappa shape index (κ3) is 28.6. The summed E-state index contributed by atoms with van der Waals surface area (Å²) in [5, 5.41) is 14.9. The molecule has 5 amide bonds. The van der Waals surface area contributed by atoms with Crippen LogP contribution in [-0.4, -0.2) is 40.0 Å². The van der Waals surface area contributed by atoms with Gasteiger partial charge in [0.05, 0.1) is 29.6 Å². The molecule has 0 heterocycles. The van der Waals surface area contributed by atoms with E-state index >= 15 is 0 Å². The van der Waals surface area contributed by atoms with Crippen molar-refractivity contribution in [2.45, 2.75) is 99.5 Å². The van der Waals surface area contributed by atoms with Crippen LogP contribution in [0.3, 0.4) is 0 Å². The summed E-state index contributed by atoms with van der Waals surface area (Å²) in [6.07, 6.45) is 0. The van der Waals surface area contributed by atoms with Crippen molar-refractivity contribution in [1.82, 2.24) is 5.48 Å². The van der Waals surface area contributed by atoms with Gasteiger partial charge in [0.25, 0.3) is 5.91 Å². The molecule has 0 spiro atoms. The highest BCUT2D eigenvalue weighted by Gasteiger charge is 2.14. The molecule has 6 atom stereocenters. The van der Waals surface area contributed by atoms with Gasteiger partial charge in [0.1, 0.15) is 0 Å². The van der Waals surface area contributed by atoms with Gasteiger partial charge < -0.3 is 33.9 Å². The Balaban J connectivity index is -0.000000368. The molecule has 0 radical (unpaired) electrons. The van der Waals surface area contributed by atoms with Gasteiger partial charge in [-0.1, -0.05) is 204 Å². The minimum atomic E-state index is -0.388. The molecule has 0 bridgehead atoms. The normalized spacial score (nSPS) is 11.7. The third-order valence-corrected chi connectivity index (χ3v) is 10.0. The Morgan fingerprint density at radius 3 is 0.629 bits per heavy atom. The topological polar surface area (TPSA) is 294 Å². The summed E-state index contributed by atoms with van der Waals surface area (Å²) in [7, 11) is 0. The van der Waals surface area contributed by atoms with Crippen LogP contribution >= 0.6 is 0 Å². The number of carbonyl (C=O) groups is 5. The van der Waals surface area contributed by atoms with E-state index in [2.05, 4.69) is 5.90 Å². The average Bonchev–Trinajstić information content (AvgIpc) is 3.37. The molecule has 3 unspecified atom stereocenters. The molecular weight excluding hydrogens is 883 g/mol. The molecule has 0 aliphatic carbocycles. The summed E-state index contributed by atoms with van der Waals surface area (Å²) in [6.45, 7) is 10.9. The first kappa shape index (κ1) is 69.1. The van der Waals surface area contributed by atoms with Crippen molar-refractivity contribution in [3.63, 3.8) is 0 Å². The third-order valence-electron chi connectivity index (χ3n) is 10.0. The summed E-state index contributed by atoms with van der Waals surface area (Å²) in [4.78, 5) is 53.8. The standard InChI is InChI=1S/C9H11NO2.4C9H11NO.C8H11N.3CH4.H3NO/c1-7(9(11)10-12)8-5-3-2-4-6-8;4*1-7(9(10)11)8-5-3-2-4-6-8;1-7(9)8-5-3-2-4-6-8;;;;1-2/h2-7,12H,1H3,(H,10,11);4*2-7H,1H3,(H2,10,11);2-7H,9H2,1H3;3*1H4;2H,1H2/t2*7-;;;;7-;;;;/m00...0..../s1. The van der Waals surface area contributed by atoms with Crippen molar-refractivity contribution in [3.05, 3.63) is 215 Å². The van der Waals surface area contributed by atoms with Crippen molar-refractivity contribution >= 4 is 29.5 Å². The first-order valence-corrected chi connectivity index (χ1v) is 21.3. The van der Waals surface area contributed by atoms with E-state index in [0.717, 1.165) is 27.8 Å². The highest BCUT2D eigenvalue weighted by molar-refractivity contribution is 5.83. The number of rotatable bonds is 11. The minimum Gasteiger partial charge on any atom is -0.369 e. The van der Waals surface area contributed by atoms with Crippen LogP contribution in [-0.2, 0) is 24.0 Å². The van der Waals surface area contributed by atoms with E-state index in [1.165, 1.54) is 5.56 Å². The predicted octanol–water partition coefficient (Wildman–Crippen LogP) is 9.35. The van der Waals surface area contributed by atoms with Gasteiger partial charge in [-0.3, -0.25) is 29.2 Å². The Labute approximate surface area is 417 Å². The lowest BCUT2D eigenvalue weighted by Gasteiger charge is -2.08. The molecule has 0 aromatic heterocycles. The molecule has 6 rings (SSSR count). The van der Waals surface area contributed by atoms with E-state index in [-0.39, 0.29) is 87.4 Å². The zero-order valence-corrected chi connectivity index (χ0v) is 39.2. The molecule has 14 heteroatoms. The molecule has 15 N–H and O–H groups in total. The van der Waals surface area contributed by atoms with E-state index in [4.69, 9.17) is 39.1 Å². The summed E-state index contributed by atoms with van der Waals surface area (Å²) in [5.41, 5.74) is 33.7. The highest BCUT2D eigenvalue weighted by atomic mass is 16.5. The number of hydrogen-bond donors (Lipinski definition) is 9. The van der Waals surface area contributed by atoms with Crippen LogP contribution in [0.25, 0.3) is 0 Å². The average molecular weight is 964 g/mol. The zero-order valence-electron chi connectivity index (χ0n) is 39.2. The van der Waals surface area contributed by atoms with Crippen LogP contribution in [0.4, 0.5) is 0 Å². The van der Waals surface area contributed by atoms with Crippen LogP contribution in [0.15, 0.2) is 182 Å². The van der Waals surface area contributed by atoms with Gasteiger partial charge in [0.2, 0.25) is 23.6 Å². The van der Waals surface area contributed by atoms with Crippen LogP contribution in [0.2, 0.25) is 0 Å². The molecule has 0 aliphatic rings. The van der Waals surface area contributed by atoms with Gasteiger partial charge in [-0.15, -0.1) is 0 Å². The molecule has 70 heavy (non-hydrogen) atoms. The monoisotopic (exact) mass is 964 g/mol. The first-order valence-electron chi connectivity index (χ1n) is 21.3. The van der Waals surface area contributed by atoms with Crippen LogP contribution in [0.5, 0.6) is 0 Å². The Bertz CT molecular complexity index is 2020. The van der Waals surface area contributed by atoms with E-state index in [9.17, 15) is 24.0 Å².